The zero-order chi connectivity index (χ0) is 11.5. The topological polar surface area (TPSA) is 56.7 Å². The number of nitrogens with zero attached hydrogens (tertiary/aromatic N) is 3. The first-order chi connectivity index (χ1) is 7.77. The van der Waals surface area contributed by atoms with Gasteiger partial charge in [0.2, 0.25) is 0 Å². The van der Waals surface area contributed by atoms with Crippen molar-refractivity contribution in [1.82, 2.24) is 14.8 Å². The summed E-state index contributed by atoms with van der Waals surface area (Å²) in [6.07, 6.45) is 0. The van der Waals surface area contributed by atoms with E-state index in [9.17, 15) is 0 Å². The second-order valence-corrected chi connectivity index (χ2v) is 3.78. The minimum Gasteiger partial charge on any atom is -0.324 e. The number of benzene rings is 1. The third-order valence-corrected chi connectivity index (χ3v) is 2.77. The van der Waals surface area contributed by atoms with Crippen LogP contribution in [0.15, 0.2) is 24.3 Å². The molecule has 0 aliphatic carbocycles. The summed E-state index contributed by atoms with van der Waals surface area (Å²) in [7, 11) is 0. The number of hydrogen-bond donors (Lipinski definition) is 1. The van der Waals surface area contributed by atoms with Gasteiger partial charge in [-0.1, -0.05) is 23.7 Å². The van der Waals surface area contributed by atoms with Crippen molar-refractivity contribution < 1.29 is 0 Å². The molecule has 2 aromatic rings. The molecule has 0 amide bonds. The molecule has 0 bridgehead atoms. The predicted molar refractivity (Wildman–Crippen MR) is 64.0 cm³/mol. The van der Waals surface area contributed by atoms with Crippen LogP contribution < -0.4 is 5.73 Å². The number of halogens is 1. The summed E-state index contributed by atoms with van der Waals surface area (Å²) < 4.78 is 1.97. The molecule has 0 spiro atoms. The van der Waals surface area contributed by atoms with E-state index in [1.165, 1.54) is 0 Å². The molecular weight excluding hydrogens is 224 g/mol. The highest BCUT2D eigenvalue weighted by atomic mass is 35.5. The fraction of sp³-hybridized carbons (Fsp3) is 0.273. The van der Waals surface area contributed by atoms with Gasteiger partial charge < -0.3 is 10.3 Å². The Bertz CT molecular complexity index is 492. The van der Waals surface area contributed by atoms with Gasteiger partial charge in [0.25, 0.3) is 0 Å². The summed E-state index contributed by atoms with van der Waals surface area (Å²) in [5.74, 6) is 1.55. The third-order valence-electron chi connectivity index (χ3n) is 2.44. The minimum absolute atomic E-state index is 0.380. The van der Waals surface area contributed by atoms with Crippen LogP contribution in [0.1, 0.15) is 12.7 Å². The molecule has 16 heavy (non-hydrogen) atoms. The highest BCUT2D eigenvalue weighted by molar-refractivity contribution is 6.33. The Morgan fingerprint density at radius 1 is 1.31 bits per heavy atom. The maximum absolute atomic E-state index is 6.13. The van der Waals surface area contributed by atoms with Crippen molar-refractivity contribution in [3.8, 4) is 11.4 Å². The lowest BCUT2D eigenvalue weighted by atomic mass is 10.2. The van der Waals surface area contributed by atoms with Gasteiger partial charge in [-0.05, 0) is 19.1 Å². The number of hydrogen-bond acceptors (Lipinski definition) is 3. The van der Waals surface area contributed by atoms with E-state index in [4.69, 9.17) is 17.3 Å². The number of nitrogens with two attached hydrogens (primary N) is 1. The van der Waals surface area contributed by atoms with E-state index in [-0.39, 0.29) is 0 Å². The Balaban J connectivity index is 2.56. The van der Waals surface area contributed by atoms with Gasteiger partial charge in [-0.2, -0.15) is 0 Å². The molecule has 0 saturated heterocycles. The summed E-state index contributed by atoms with van der Waals surface area (Å²) >= 11 is 6.13. The lowest BCUT2D eigenvalue weighted by molar-refractivity contribution is 0.704. The lowest BCUT2D eigenvalue weighted by Crippen LogP contribution is -2.08. The van der Waals surface area contributed by atoms with Crippen LogP contribution >= 0.6 is 11.6 Å². The van der Waals surface area contributed by atoms with Crippen molar-refractivity contribution in [2.75, 3.05) is 0 Å². The van der Waals surface area contributed by atoms with Crippen molar-refractivity contribution in [3.05, 3.63) is 35.1 Å². The fourth-order valence-corrected chi connectivity index (χ4v) is 1.88. The van der Waals surface area contributed by atoms with E-state index < -0.39 is 0 Å². The van der Waals surface area contributed by atoms with Crippen molar-refractivity contribution in [2.45, 2.75) is 20.0 Å². The number of rotatable bonds is 3. The van der Waals surface area contributed by atoms with Gasteiger partial charge >= 0.3 is 0 Å². The maximum Gasteiger partial charge on any atom is 0.165 e. The standard InChI is InChI=1S/C11H13ClN4/c1-2-16-10(7-13)14-15-11(16)8-5-3-4-6-9(8)12/h3-6H,2,7,13H2,1H3. The molecule has 2 rings (SSSR count). The van der Waals surface area contributed by atoms with Crippen molar-refractivity contribution in [2.24, 2.45) is 5.73 Å². The zero-order valence-corrected chi connectivity index (χ0v) is 9.78. The van der Waals surface area contributed by atoms with Crippen LogP contribution in [0.4, 0.5) is 0 Å². The molecule has 2 N–H and O–H groups in total. The second kappa shape index (κ2) is 4.63. The Morgan fingerprint density at radius 2 is 2.06 bits per heavy atom. The van der Waals surface area contributed by atoms with Crippen molar-refractivity contribution in [1.29, 1.82) is 0 Å². The van der Waals surface area contributed by atoms with Gasteiger partial charge in [-0.15, -0.1) is 10.2 Å². The highest BCUT2D eigenvalue weighted by Gasteiger charge is 2.13. The number of aromatic nitrogens is 3. The fourth-order valence-electron chi connectivity index (χ4n) is 1.66. The van der Waals surface area contributed by atoms with Gasteiger partial charge in [-0.25, -0.2) is 0 Å². The molecule has 1 heterocycles. The Kier molecular flexibility index (Phi) is 3.22. The Morgan fingerprint density at radius 3 is 2.69 bits per heavy atom. The largest absolute Gasteiger partial charge is 0.324 e. The van der Waals surface area contributed by atoms with Crippen LogP contribution in [-0.2, 0) is 13.1 Å². The van der Waals surface area contributed by atoms with Gasteiger partial charge in [0.1, 0.15) is 5.82 Å². The first kappa shape index (κ1) is 11.1. The normalized spacial score (nSPS) is 10.7. The molecule has 0 aliphatic heterocycles. The Labute approximate surface area is 99.1 Å². The first-order valence-corrected chi connectivity index (χ1v) is 5.52. The van der Waals surface area contributed by atoms with Crippen LogP contribution in [-0.4, -0.2) is 14.8 Å². The predicted octanol–water partition coefficient (Wildman–Crippen LogP) is 2.08. The molecule has 0 atom stereocenters. The smallest absolute Gasteiger partial charge is 0.165 e. The van der Waals surface area contributed by atoms with Gasteiger partial charge in [0.15, 0.2) is 5.82 Å². The molecule has 84 valence electrons. The summed E-state index contributed by atoms with van der Waals surface area (Å²) in [5.41, 5.74) is 6.49. The molecule has 0 aliphatic rings. The SMILES string of the molecule is CCn1c(CN)nnc1-c1ccccc1Cl. The first-order valence-electron chi connectivity index (χ1n) is 5.15. The molecule has 0 fully saturated rings. The van der Waals surface area contributed by atoms with Crippen LogP contribution in [0, 0.1) is 0 Å². The average molecular weight is 237 g/mol. The van der Waals surface area contributed by atoms with Crippen molar-refractivity contribution in [3.63, 3.8) is 0 Å². The van der Waals surface area contributed by atoms with E-state index in [0.717, 1.165) is 23.8 Å². The lowest BCUT2D eigenvalue weighted by Gasteiger charge is -2.07. The van der Waals surface area contributed by atoms with Crippen LogP contribution in [0.25, 0.3) is 11.4 Å². The van der Waals surface area contributed by atoms with E-state index >= 15 is 0 Å². The van der Waals surface area contributed by atoms with E-state index in [1.54, 1.807) is 0 Å². The molecular formula is C11H13ClN4. The monoisotopic (exact) mass is 236 g/mol. The third kappa shape index (κ3) is 1.81. The minimum atomic E-state index is 0.380. The van der Waals surface area contributed by atoms with Gasteiger partial charge in [0.05, 0.1) is 11.6 Å². The van der Waals surface area contributed by atoms with E-state index in [2.05, 4.69) is 10.2 Å². The molecule has 0 unspecified atom stereocenters. The van der Waals surface area contributed by atoms with Crippen LogP contribution in [0.5, 0.6) is 0 Å². The van der Waals surface area contributed by atoms with Gasteiger partial charge in [-0.3, -0.25) is 0 Å². The Hall–Kier alpha value is -1.39. The van der Waals surface area contributed by atoms with Crippen LogP contribution in [0.3, 0.4) is 0 Å². The molecule has 1 aromatic carbocycles. The molecule has 5 heteroatoms. The maximum atomic E-state index is 6.13. The van der Waals surface area contributed by atoms with Crippen LogP contribution in [0.2, 0.25) is 5.02 Å². The molecule has 1 aromatic heterocycles. The van der Waals surface area contributed by atoms with E-state index in [0.29, 0.717) is 11.6 Å². The summed E-state index contributed by atoms with van der Waals surface area (Å²) in [5, 5.41) is 8.86. The summed E-state index contributed by atoms with van der Waals surface area (Å²) in [6.45, 7) is 3.19. The zero-order valence-electron chi connectivity index (χ0n) is 9.02. The summed E-state index contributed by atoms with van der Waals surface area (Å²) in [6, 6.07) is 7.59. The van der Waals surface area contributed by atoms with Crippen molar-refractivity contribution >= 4 is 11.6 Å². The van der Waals surface area contributed by atoms with E-state index in [1.807, 2.05) is 35.8 Å². The molecule has 4 nitrogen and oxygen atoms in total. The molecule has 0 saturated carbocycles. The second-order valence-electron chi connectivity index (χ2n) is 3.37. The average Bonchev–Trinajstić information content (AvgIpc) is 2.72. The quantitative estimate of drug-likeness (QED) is 0.888. The summed E-state index contributed by atoms with van der Waals surface area (Å²) in [4.78, 5) is 0. The van der Waals surface area contributed by atoms with Gasteiger partial charge in [0, 0.05) is 12.1 Å². The highest BCUT2D eigenvalue weighted by Crippen LogP contribution is 2.26. The molecule has 0 radical (unpaired) electrons.